The van der Waals surface area contributed by atoms with Crippen LogP contribution in [0.3, 0.4) is 0 Å². The first kappa shape index (κ1) is 22.5. The number of nitrogens with one attached hydrogen (secondary N) is 1. The Hall–Kier alpha value is -2.34. The van der Waals surface area contributed by atoms with E-state index in [1.54, 1.807) is 0 Å². The molecule has 2 N–H and O–H groups in total. The van der Waals surface area contributed by atoms with Gasteiger partial charge in [0.05, 0.1) is 0 Å². The largest absolute Gasteiger partial charge is 0.490 e. The Morgan fingerprint density at radius 3 is 2.85 bits per heavy atom. The van der Waals surface area contributed by atoms with Crippen molar-refractivity contribution in [2.24, 2.45) is 0 Å². The Labute approximate surface area is 200 Å². The Kier molecular flexibility index (Phi) is 6.46. The molecule has 4 aromatic rings. The zero-order valence-electron chi connectivity index (χ0n) is 19.8. The molecule has 33 heavy (non-hydrogen) atoms. The highest BCUT2D eigenvalue weighted by atomic mass is 32.1. The molecular formula is C28H34N2O2S. The van der Waals surface area contributed by atoms with E-state index in [0.29, 0.717) is 25.1 Å². The minimum atomic E-state index is -0.504. The third-order valence-electron chi connectivity index (χ3n) is 7.10. The van der Waals surface area contributed by atoms with Crippen LogP contribution in [0.15, 0.2) is 48.5 Å². The molecule has 1 aliphatic rings. The highest BCUT2D eigenvalue weighted by Gasteiger charge is 2.29. The summed E-state index contributed by atoms with van der Waals surface area (Å²) in [7, 11) is 0. The first-order valence-electron chi connectivity index (χ1n) is 12.2. The molecule has 0 aliphatic carbocycles. The molecule has 1 saturated heterocycles. The van der Waals surface area contributed by atoms with Crippen LogP contribution in [-0.4, -0.2) is 46.8 Å². The number of aromatic amines is 1. The van der Waals surface area contributed by atoms with Gasteiger partial charge >= 0.3 is 0 Å². The summed E-state index contributed by atoms with van der Waals surface area (Å²) in [4.78, 5) is 7.29. The zero-order chi connectivity index (χ0) is 22.9. The molecule has 2 aromatic carbocycles. The van der Waals surface area contributed by atoms with Crippen molar-refractivity contribution in [2.75, 3.05) is 19.7 Å². The predicted octanol–water partition coefficient (Wildman–Crippen LogP) is 6.26. The first-order valence-corrected chi connectivity index (χ1v) is 13.0. The Morgan fingerprint density at radius 1 is 1.18 bits per heavy atom. The number of nitrogens with zero attached hydrogens (tertiary/aromatic N) is 1. The van der Waals surface area contributed by atoms with Gasteiger partial charge in [0.1, 0.15) is 18.5 Å². The molecule has 0 radical (unpaired) electrons. The Balaban J connectivity index is 1.18. The van der Waals surface area contributed by atoms with Gasteiger partial charge < -0.3 is 14.8 Å². The summed E-state index contributed by atoms with van der Waals surface area (Å²) in [6.45, 7) is 8.57. The van der Waals surface area contributed by atoms with Gasteiger partial charge in [-0.15, -0.1) is 11.3 Å². The number of benzene rings is 2. The van der Waals surface area contributed by atoms with Crippen LogP contribution >= 0.6 is 11.3 Å². The van der Waals surface area contributed by atoms with Gasteiger partial charge in [0, 0.05) is 38.8 Å². The van der Waals surface area contributed by atoms with Gasteiger partial charge in [0.2, 0.25) is 0 Å². The molecule has 1 aliphatic heterocycles. The minimum Gasteiger partial charge on any atom is -0.490 e. The summed E-state index contributed by atoms with van der Waals surface area (Å²) in [6.07, 6.45) is 2.87. The Bertz CT molecular complexity index is 1240. The molecule has 3 heterocycles. The number of piperidine rings is 1. The number of aryl methyl sites for hydroxylation is 2. The second-order valence-corrected chi connectivity index (χ2v) is 10.6. The van der Waals surface area contributed by atoms with Crippen LogP contribution in [0.4, 0.5) is 0 Å². The van der Waals surface area contributed by atoms with E-state index < -0.39 is 6.10 Å². The van der Waals surface area contributed by atoms with E-state index >= 15 is 0 Å². The summed E-state index contributed by atoms with van der Waals surface area (Å²) in [5.74, 6) is 1.44. The summed E-state index contributed by atoms with van der Waals surface area (Å²) in [6, 6.07) is 17.7. The van der Waals surface area contributed by atoms with Gasteiger partial charge in [0.15, 0.2) is 0 Å². The monoisotopic (exact) mass is 462 g/mol. The lowest BCUT2D eigenvalue weighted by molar-refractivity contribution is 0.0408. The van der Waals surface area contributed by atoms with Crippen molar-refractivity contribution >= 4 is 32.3 Å². The molecule has 5 rings (SSSR count). The van der Waals surface area contributed by atoms with Gasteiger partial charge in [-0.3, -0.25) is 4.90 Å². The first-order chi connectivity index (χ1) is 16.0. The van der Waals surface area contributed by atoms with E-state index in [-0.39, 0.29) is 0 Å². The quantitative estimate of drug-likeness (QED) is 0.341. The number of hydrogen-bond donors (Lipinski definition) is 2. The van der Waals surface area contributed by atoms with Crippen molar-refractivity contribution in [3.63, 3.8) is 0 Å². The number of thiophene rings is 1. The molecule has 0 saturated carbocycles. The number of aliphatic hydroxyl groups is 1. The second-order valence-electron chi connectivity index (χ2n) is 9.53. The number of ether oxygens (including phenoxy) is 1. The van der Waals surface area contributed by atoms with Gasteiger partial charge in [-0.25, -0.2) is 0 Å². The lowest BCUT2D eigenvalue weighted by Gasteiger charge is -2.38. The van der Waals surface area contributed by atoms with E-state index in [1.165, 1.54) is 20.5 Å². The van der Waals surface area contributed by atoms with Crippen LogP contribution in [0.2, 0.25) is 0 Å². The topological polar surface area (TPSA) is 48.5 Å². The van der Waals surface area contributed by atoms with Crippen LogP contribution in [-0.2, 0) is 6.42 Å². The highest BCUT2D eigenvalue weighted by molar-refractivity contribution is 7.19. The third kappa shape index (κ3) is 4.68. The van der Waals surface area contributed by atoms with Crippen molar-refractivity contribution in [3.05, 3.63) is 64.7 Å². The molecule has 4 nitrogen and oxygen atoms in total. The summed E-state index contributed by atoms with van der Waals surface area (Å²) >= 11 is 1.97. The number of fused-ring (bicyclic) bond motifs is 2. The summed E-state index contributed by atoms with van der Waals surface area (Å²) in [5.41, 5.74) is 3.64. The fourth-order valence-corrected chi connectivity index (χ4v) is 6.56. The number of hydrogen-bond acceptors (Lipinski definition) is 4. The fourth-order valence-electron chi connectivity index (χ4n) is 5.30. The highest BCUT2D eigenvalue weighted by Crippen LogP contribution is 2.39. The molecule has 1 fully saturated rings. The maximum Gasteiger partial charge on any atom is 0.128 e. The predicted molar refractivity (Wildman–Crippen MR) is 139 cm³/mol. The van der Waals surface area contributed by atoms with E-state index in [9.17, 15) is 5.11 Å². The second kappa shape index (κ2) is 9.49. The molecule has 0 spiro atoms. The molecule has 0 bridgehead atoms. The van der Waals surface area contributed by atoms with Crippen molar-refractivity contribution < 1.29 is 9.84 Å². The van der Waals surface area contributed by atoms with Crippen LogP contribution in [0.5, 0.6) is 5.75 Å². The minimum absolute atomic E-state index is 0.312. The SMILES string of the molecule is CCc1cccc2sc([C@@H]3CCN(C[C@H](O)COc4cccc5[nH]c(C)cc45)[C@@H](C)C3)cc12. The lowest BCUT2D eigenvalue weighted by atomic mass is 9.89. The molecular weight excluding hydrogens is 428 g/mol. The van der Waals surface area contributed by atoms with Crippen molar-refractivity contribution in [1.82, 2.24) is 9.88 Å². The van der Waals surface area contributed by atoms with Crippen LogP contribution in [0, 0.1) is 6.92 Å². The number of H-pyrrole nitrogens is 1. The summed E-state index contributed by atoms with van der Waals surface area (Å²) < 4.78 is 7.44. The molecule has 5 heteroatoms. The van der Waals surface area contributed by atoms with Crippen molar-refractivity contribution in [3.8, 4) is 5.75 Å². The average molecular weight is 463 g/mol. The smallest absolute Gasteiger partial charge is 0.128 e. The standard InChI is InChI=1S/C28H34N2O2S/c1-4-20-7-5-10-27-23(20)15-28(33-27)21-11-12-30(19(3)14-21)16-22(31)17-32-26-9-6-8-25-24(26)13-18(2)29-25/h5-10,13,15,19,21-22,29,31H,4,11-12,14,16-17H2,1-3H3/t19-,21+,22-/m0/s1. The molecule has 0 amide bonds. The fraction of sp³-hybridized carbons (Fsp3) is 0.429. The van der Waals surface area contributed by atoms with Crippen molar-refractivity contribution in [2.45, 2.75) is 58.1 Å². The average Bonchev–Trinajstić information content (AvgIpc) is 3.41. The number of β-amino-alcohol motifs (C(OH)–C–C–N with tert-alkyl or cyclic N) is 1. The number of likely N-dealkylation sites (tertiary alicyclic amines) is 1. The van der Waals surface area contributed by atoms with Crippen LogP contribution < -0.4 is 4.74 Å². The number of aromatic nitrogens is 1. The van der Waals surface area contributed by atoms with E-state index in [1.807, 2.05) is 30.4 Å². The zero-order valence-corrected chi connectivity index (χ0v) is 20.6. The third-order valence-corrected chi connectivity index (χ3v) is 8.37. The molecule has 2 aromatic heterocycles. The van der Waals surface area contributed by atoms with E-state index in [4.69, 9.17) is 4.74 Å². The van der Waals surface area contributed by atoms with Crippen molar-refractivity contribution in [1.29, 1.82) is 0 Å². The Morgan fingerprint density at radius 2 is 2.03 bits per heavy atom. The van der Waals surface area contributed by atoms with Gasteiger partial charge in [-0.1, -0.05) is 25.1 Å². The normalized spacial score (nSPS) is 20.5. The maximum absolute atomic E-state index is 10.7. The van der Waals surface area contributed by atoms with E-state index in [2.05, 4.69) is 60.1 Å². The van der Waals surface area contributed by atoms with Gasteiger partial charge in [0.25, 0.3) is 0 Å². The van der Waals surface area contributed by atoms with Gasteiger partial charge in [-0.05, 0) is 86.9 Å². The molecule has 174 valence electrons. The molecule has 3 atom stereocenters. The maximum atomic E-state index is 10.7. The van der Waals surface area contributed by atoms with Crippen LogP contribution in [0.25, 0.3) is 21.0 Å². The number of aliphatic hydroxyl groups excluding tert-OH is 1. The van der Waals surface area contributed by atoms with E-state index in [0.717, 1.165) is 48.2 Å². The van der Waals surface area contributed by atoms with Crippen LogP contribution in [0.1, 0.15) is 48.7 Å². The molecule has 0 unspecified atom stereocenters. The lowest BCUT2D eigenvalue weighted by Crippen LogP contribution is -2.45. The number of rotatable bonds is 7. The van der Waals surface area contributed by atoms with Gasteiger partial charge in [-0.2, -0.15) is 0 Å². The summed E-state index contributed by atoms with van der Waals surface area (Å²) in [5, 5.41) is 13.2.